The Morgan fingerprint density at radius 2 is 2.50 bits per heavy atom. The fourth-order valence-electron chi connectivity index (χ4n) is 2.26. The predicted octanol–water partition coefficient (Wildman–Crippen LogP) is 2.80. The van der Waals surface area contributed by atoms with Crippen molar-refractivity contribution in [3.63, 3.8) is 0 Å². The summed E-state index contributed by atoms with van der Waals surface area (Å²) >= 11 is 2.00. The van der Waals surface area contributed by atoms with Crippen LogP contribution in [0, 0.1) is 0 Å². The van der Waals surface area contributed by atoms with Crippen LogP contribution in [0.2, 0.25) is 0 Å². The molecule has 2 rings (SSSR count). The van der Waals surface area contributed by atoms with Crippen LogP contribution in [0.15, 0.2) is 18.3 Å². The first kappa shape index (κ1) is 11.9. The molecule has 0 amide bonds. The van der Waals surface area contributed by atoms with Gasteiger partial charge in [0, 0.05) is 18.0 Å². The van der Waals surface area contributed by atoms with Crippen LogP contribution in [0.25, 0.3) is 0 Å². The average Bonchev–Trinajstić information content (AvgIpc) is 2.70. The first-order valence-corrected chi connectivity index (χ1v) is 7.24. The second kappa shape index (κ2) is 5.69. The number of aryl methyl sites for hydroxylation is 1. The van der Waals surface area contributed by atoms with Gasteiger partial charge in [-0.3, -0.25) is 4.98 Å². The van der Waals surface area contributed by atoms with Crippen LogP contribution < -0.4 is 5.32 Å². The van der Waals surface area contributed by atoms with Gasteiger partial charge >= 0.3 is 0 Å². The molecule has 0 fully saturated rings. The summed E-state index contributed by atoms with van der Waals surface area (Å²) in [6.45, 7) is 4.48. The molecule has 0 saturated carbocycles. The van der Waals surface area contributed by atoms with Gasteiger partial charge in [0.2, 0.25) is 0 Å². The fraction of sp³-hybridized carbons (Fsp3) is 0.615. The lowest BCUT2D eigenvalue weighted by Crippen LogP contribution is -2.31. The topological polar surface area (TPSA) is 24.9 Å². The SMILES string of the molecule is CCSCC(C)NC1CCc2cccnc21. The molecule has 1 aromatic heterocycles. The monoisotopic (exact) mass is 236 g/mol. The first-order valence-electron chi connectivity index (χ1n) is 6.09. The summed E-state index contributed by atoms with van der Waals surface area (Å²) in [7, 11) is 0. The Morgan fingerprint density at radius 1 is 1.62 bits per heavy atom. The summed E-state index contributed by atoms with van der Waals surface area (Å²) in [6, 6.07) is 5.29. The van der Waals surface area contributed by atoms with Crippen molar-refractivity contribution in [1.82, 2.24) is 10.3 Å². The van der Waals surface area contributed by atoms with E-state index in [4.69, 9.17) is 0 Å². The van der Waals surface area contributed by atoms with Gasteiger partial charge < -0.3 is 5.32 Å². The van der Waals surface area contributed by atoms with E-state index in [-0.39, 0.29) is 0 Å². The van der Waals surface area contributed by atoms with Gasteiger partial charge in [0.15, 0.2) is 0 Å². The number of pyridine rings is 1. The summed E-state index contributed by atoms with van der Waals surface area (Å²) in [5.74, 6) is 2.39. The van der Waals surface area contributed by atoms with Crippen molar-refractivity contribution >= 4 is 11.8 Å². The molecule has 1 aliphatic carbocycles. The fourth-order valence-corrected chi connectivity index (χ4v) is 2.95. The third kappa shape index (κ3) is 2.77. The predicted molar refractivity (Wildman–Crippen MR) is 70.9 cm³/mol. The molecule has 1 aliphatic rings. The van der Waals surface area contributed by atoms with Gasteiger partial charge in [-0.2, -0.15) is 11.8 Å². The van der Waals surface area contributed by atoms with Crippen molar-refractivity contribution in [2.45, 2.75) is 38.8 Å². The quantitative estimate of drug-likeness (QED) is 0.851. The Labute approximate surface area is 102 Å². The van der Waals surface area contributed by atoms with E-state index in [0.29, 0.717) is 12.1 Å². The molecule has 16 heavy (non-hydrogen) atoms. The minimum absolute atomic E-state index is 0.476. The van der Waals surface area contributed by atoms with Crippen LogP contribution >= 0.6 is 11.8 Å². The second-order valence-corrected chi connectivity index (χ2v) is 5.69. The van der Waals surface area contributed by atoms with Crippen LogP contribution in [0.4, 0.5) is 0 Å². The Balaban J connectivity index is 1.92. The Kier molecular flexibility index (Phi) is 4.24. The standard InChI is InChI=1S/C13H20N2S/c1-3-16-9-10(2)15-12-7-6-11-5-4-8-14-13(11)12/h4-5,8,10,12,15H,3,6-7,9H2,1-2H3. The van der Waals surface area contributed by atoms with Crippen LogP contribution in [-0.4, -0.2) is 22.5 Å². The maximum absolute atomic E-state index is 4.50. The average molecular weight is 236 g/mol. The van der Waals surface area contributed by atoms with Gasteiger partial charge in [0.05, 0.1) is 11.7 Å². The Morgan fingerprint density at radius 3 is 3.31 bits per heavy atom. The van der Waals surface area contributed by atoms with Gasteiger partial charge in [0.25, 0.3) is 0 Å². The number of rotatable bonds is 5. The van der Waals surface area contributed by atoms with Crippen molar-refractivity contribution < 1.29 is 0 Å². The van der Waals surface area contributed by atoms with Crippen molar-refractivity contribution in [1.29, 1.82) is 0 Å². The van der Waals surface area contributed by atoms with E-state index in [9.17, 15) is 0 Å². The van der Waals surface area contributed by atoms with E-state index in [0.717, 1.165) is 0 Å². The van der Waals surface area contributed by atoms with Crippen LogP contribution in [0.3, 0.4) is 0 Å². The third-order valence-corrected chi connectivity index (χ3v) is 4.16. The number of nitrogens with one attached hydrogen (secondary N) is 1. The molecule has 1 N–H and O–H groups in total. The smallest absolute Gasteiger partial charge is 0.0605 e. The highest BCUT2D eigenvalue weighted by Crippen LogP contribution is 2.29. The molecule has 3 heteroatoms. The summed E-state index contributed by atoms with van der Waals surface area (Å²) in [5, 5.41) is 3.69. The van der Waals surface area contributed by atoms with Gasteiger partial charge in [-0.15, -0.1) is 0 Å². The molecule has 88 valence electrons. The van der Waals surface area contributed by atoms with E-state index in [1.807, 2.05) is 24.0 Å². The number of aromatic nitrogens is 1. The molecule has 0 aromatic carbocycles. The molecule has 0 saturated heterocycles. The maximum Gasteiger partial charge on any atom is 0.0605 e. The number of fused-ring (bicyclic) bond motifs is 1. The zero-order valence-electron chi connectivity index (χ0n) is 10.1. The molecule has 2 unspecified atom stereocenters. The first-order chi connectivity index (χ1) is 7.81. The van der Waals surface area contributed by atoms with E-state index in [2.05, 4.69) is 30.2 Å². The van der Waals surface area contributed by atoms with Crippen LogP contribution in [-0.2, 0) is 6.42 Å². The van der Waals surface area contributed by atoms with E-state index in [1.54, 1.807) is 0 Å². The molecule has 0 bridgehead atoms. The molecular formula is C13H20N2S. The third-order valence-electron chi connectivity index (χ3n) is 3.02. The van der Waals surface area contributed by atoms with Gasteiger partial charge in [-0.05, 0) is 37.1 Å². The minimum Gasteiger partial charge on any atom is -0.305 e. The van der Waals surface area contributed by atoms with Crippen molar-refractivity contribution in [2.24, 2.45) is 0 Å². The molecule has 1 heterocycles. The number of hydrogen-bond acceptors (Lipinski definition) is 3. The maximum atomic E-state index is 4.50. The molecule has 2 nitrogen and oxygen atoms in total. The van der Waals surface area contributed by atoms with Crippen molar-refractivity contribution in [3.05, 3.63) is 29.6 Å². The Hall–Kier alpha value is -0.540. The number of thioether (sulfide) groups is 1. The van der Waals surface area contributed by atoms with Crippen molar-refractivity contribution in [2.75, 3.05) is 11.5 Å². The molecule has 1 aromatic rings. The minimum atomic E-state index is 0.476. The molecular weight excluding hydrogens is 216 g/mol. The lowest BCUT2D eigenvalue weighted by atomic mass is 10.2. The lowest BCUT2D eigenvalue weighted by Gasteiger charge is -2.19. The molecule has 2 atom stereocenters. The number of nitrogens with zero attached hydrogens (tertiary/aromatic N) is 1. The Bertz CT molecular complexity index is 340. The summed E-state index contributed by atoms with van der Waals surface area (Å²) in [5.41, 5.74) is 2.70. The van der Waals surface area contributed by atoms with E-state index < -0.39 is 0 Å². The van der Waals surface area contributed by atoms with Gasteiger partial charge in [-0.25, -0.2) is 0 Å². The van der Waals surface area contributed by atoms with Gasteiger partial charge in [0.1, 0.15) is 0 Å². The lowest BCUT2D eigenvalue weighted by molar-refractivity contribution is 0.472. The zero-order valence-corrected chi connectivity index (χ0v) is 10.9. The summed E-state index contributed by atoms with van der Waals surface area (Å²) in [6.07, 6.45) is 4.28. The second-order valence-electron chi connectivity index (χ2n) is 4.37. The number of hydrogen-bond donors (Lipinski definition) is 1. The molecule has 0 radical (unpaired) electrons. The van der Waals surface area contributed by atoms with E-state index >= 15 is 0 Å². The highest BCUT2D eigenvalue weighted by molar-refractivity contribution is 7.99. The summed E-state index contributed by atoms with van der Waals surface area (Å²) < 4.78 is 0. The highest BCUT2D eigenvalue weighted by atomic mass is 32.2. The normalized spacial score (nSPS) is 20.8. The largest absolute Gasteiger partial charge is 0.305 e. The van der Waals surface area contributed by atoms with Crippen LogP contribution in [0.1, 0.15) is 37.6 Å². The zero-order chi connectivity index (χ0) is 11.4. The van der Waals surface area contributed by atoms with E-state index in [1.165, 1.54) is 35.6 Å². The van der Waals surface area contributed by atoms with Crippen molar-refractivity contribution in [3.8, 4) is 0 Å². The van der Waals surface area contributed by atoms with Gasteiger partial charge in [-0.1, -0.05) is 13.0 Å². The van der Waals surface area contributed by atoms with Crippen LogP contribution in [0.5, 0.6) is 0 Å². The molecule has 0 aliphatic heterocycles. The molecule has 0 spiro atoms. The highest BCUT2D eigenvalue weighted by Gasteiger charge is 2.24. The summed E-state index contributed by atoms with van der Waals surface area (Å²) in [4.78, 5) is 4.50.